The minimum Gasteiger partial charge on any atom is -0.461 e. The van der Waals surface area contributed by atoms with E-state index in [4.69, 9.17) is 4.74 Å². The molecule has 0 aliphatic carbocycles. The molecule has 2 aromatic rings. The highest BCUT2D eigenvalue weighted by Crippen LogP contribution is 2.23. The minimum atomic E-state index is -1.43. The van der Waals surface area contributed by atoms with Crippen LogP contribution in [0, 0.1) is 11.5 Å². The van der Waals surface area contributed by atoms with Crippen LogP contribution >= 0.6 is 0 Å². The predicted molar refractivity (Wildman–Crippen MR) is 89.1 cm³/mol. The largest absolute Gasteiger partial charge is 0.461 e. The molecule has 0 unspecified atom stereocenters. The maximum Gasteiger partial charge on any atom is 0.354 e. The van der Waals surface area contributed by atoms with E-state index in [0.717, 1.165) is 16.5 Å². The summed E-state index contributed by atoms with van der Waals surface area (Å²) >= 11 is 0. The van der Waals surface area contributed by atoms with E-state index in [-0.39, 0.29) is 5.97 Å². The maximum absolute atomic E-state index is 12.0. The maximum atomic E-state index is 12.0. The van der Waals surface area contributed by atoms with Crippen molar-refractivity contribution in [2.45, 2.75) is 26.6 Å². The molecule has 2 rings (SSSR count). The number of ether oxygens (including phenoxy) is 1. The van der Waals surface area contributed by atoms with Crippen molar-refractivity contribution in [3.8, 4) is 11.5 Å². The number of esters is 1. The first-order valence-electron chi connectivity index (χ1n) is 7.12. The molecule has 3 nitrogen and oxygen atoms in total. The Morgan fingerprint density at radius 3 is 2.67 bits per heavy atom. The Morgan fingerprint density at radius 2 is 2.05 bits per heavy atom. The summed E-state index contributed by atoms with van der Waals surface area (Å²) in [4.78, 5) is 12.0. The Balaban J connectivity index is 2.59. The molecule has 1 aromatic carbocycles. The lowest BCUT2D eigenvalue weighted by molar-refractivity contribution is 0.0516. The van der Waals surface area contributed by atoms with Gasteiger partial charge in [-0.1, -0.05) is 37.7 Å². The normalized spacial score (nSPS) is 11.1. The van der Waals surface area contributed by atoms with Gasteiger partial charge in [0.15, 0.2) is 0 Å². The summed E-state index contributed by atoms with van der Waals surface area (Å²) in [7, 11) is 0.449. The number of fused-ring (bicyclic) bond motifs is 1. The second-order valence-electron chi connectivity index (χ2n) is 6.05. The molecule has 0 saturated heterocycles. The number of aryl methyl sites for hydroxylation is 1. The van der Waals surface area contributed by atoms with E-state index < -0.39 is 8.07 Å². The van der Waals surface area contributed by atoms with E-state index in [2.05, 4.69) is 31.1 Å². The van der Waals surface area contributed by atoms with Gasteiger partial charge in [-0.15, -0.1) is 5.54 Å². The Kier molecular flexibility index (Phi) is 4.24. The van der Waals surface area contributed by atoms with Crippen molar-refractivity contribution in [2.75, 3.05) is 6.61 Å². The van der Waals surface area contributed by atoms with Gasteiger partial charge in [-0.3, -0.25) is 0 Å². The van der Waals surface area contributed by atoms with Gasteiger partial charge >= 0.3 is 5.97 Å². The van der Waals surface area contributed by atoms with Crippen LogP contribution in [0.1, 0.15) is 23.0 Å². The topological polar surface area (TPSA) is 31.2 Å². The summed E-state index contributed by atoms with van der Waals surface area (Å²) in [5.74, 6) is 3.00. The molecule has 1 aromatic heterocycles. The second-order valence-corrected chi connectivity index (χ2v) is 10.8. The summed E-state index contributed by atoms with van der Waals surface area (Å²) in [6.45, 7) is 8.84. The molecule has 21 heavy (non-hydrogen) atoms. The van der Waals surface area contributed by atoms with Crippen LogP contribution in [0.4, 0.5) is 0 Å². The lowest BCUT2D eigenvalue weighted by Crippen LogP contribution is -2.16. The smallest absolute Gasteiger partial charge is 0.354 e. The van der Waals surface area contributed by atoms with E-state index in [1.807, 2.05) is 42.8 Å². The quantitative estimate of drug-likeness (QED) is 0.482. The number of rotatable bonds is 2. The van der Waals surface area contributed by atoms with Crippen LogP contribution in [-0.2, 0) is 11.8 Å². The van der Waals surface area contributed by atoms with Gasteiger partial charge in [0.05, 0.1) is 12.1 Å². The number of hydrogen-bond acceptors (Lipinski definition) is 2. The Hall–Kier alpha value is -1.99. The zero-order chi connectivity index (χ0) is 15.6. The van der Waals surface area contributed by atoms with Crippen LogP contribution in [0.2, 0.25) is 19.6 Å². The predicted octanol–water partition coefficient (Wildman–Crippen LogP) is 3.58. The summed E-state index contributed by atoms with van der Waals surface area (Å²) in [6.07, 6.45) is 0. The summed E-state index contributed by atoms with van der Waals surface area (Å²) < 4.78 is 6.98. The number of benzene rings is 1. The average Bonchev–Trinajstić information content (AvgIpc) is 2.74. The number of aromatic nitrogens is 1. The van der Waals surface area contributed by atoms with Gasteiger partial charge in [0.2, 0.25) is 0 Å². The van der Waals surface area contributed by atoms with Crippen molar-refractivity contribution in [2.24, 2.45) is 7.05 Å². The second kappa shape index (κ2) is 5.78. The van der Waals surface area contributed by atoms with Crippen LogP contribution in [0.15, 0.2) is 24.3 Å². The van der Waals surface area contributed by atoms with Gasteiger partial charge < -0.3 is 9.30 Å². The highest BCUT2D eigenvalue weighted by molar-refractivity contribution is 6.83. The van der Waals surface area contributed by atoms with Crippen molar-refractivity contribution in [1.29, 1.82) is 0 Å². The summed E-state index contributed by atoms with van der Waals surface area (Å²) in [6, 6.07) is 7.85. The van der Waals surface area contributed by atoms with E-state index in [1.165, 1.54) is 0 Å². The fourth-order valence-electron chi connectivity index (χ4n) is 2.17. The number of carbonyl (C=O) groups excluding carboxylic acids is 1. The highest BCUT2D eigenvalue weighted by atomic mass is 28.3. The molecule has 110 valence electrons. The molecule has 0 aliphatic rings. The number of carbonyl (C=O) groups is 1. The molecule has 1 heterocycles. The fraction of sp³-hybridized carbons (Fsp3) is 0.353. The first-order chi connectivity index (χ1) is 9.83. The van der Waals surface area contributed by atoms with Crippen LogP contribution in [0.3, 0.4) is 0 Å². The minimum absolute atomic E-state index is 0.291. The van der Waals surface area contributed by atoms with Gasteiger partial charge in [0.1, 0.15) is 13.8 Å². The molecule has 0 radical (unpaired) electrons. The first-order valence-corrected chi connectivity index (χ1v) is 10.6. The van der Waals surface area contributed by atoms with Crippen LogP contribution in [0.5, 0.6) is 0 Å². The van der Waals surface area contributed by atoms with Gasteiger partial charge in [0, 0.05) is 18.0 Å². The summed E-state index contributed by atoms with van der Waals surface area (Å²) in [5, 5.41) is 1.02. The molecule has 0 fully saturated rings. The molecular formula is C17H21NO2Si. The molecule has 0 atom stereocenters. The molecule has 0 amide bonds. The van der Waals surface area contributed by atoms with E-state index in [0.29, 0.717) is 12.3 Å². The monoisotopic (exact) mass is 299 g/mol. The van der Waals surface area contributed by atoms with Crippen molar-refractivity contribution < 1.29 is 9.53 Å². The molecular weight excluding hydrogens is 278 g/mol. The number of para-hydroxylation sites is 1. The SMILES string of the molecule is CCOC(=O)c1cc2cccc(C#C[Si](C)(C)C)c2n1C. The van der Waals surface area contributed by atoms with Crippen molar-refractivity contribution >= 4 is 24.9 Å². The van der Waals surface area contributed by atoms with Crippen molar-refractivity contribution in [3.63, 3.8) is 0 Å². The standard InChI is InChI=1S/C17H21NO2Si/c1-6-20-17(19)15-12-14-9-7-8-13(16(14)18(15)2)10-11-21(3,4)5/h7-9,12H,6H2,1-5H3. The van der Waals surface area contributed by atoms with Gasteiger partial charge in [-0.25, -0.2) is 4.79 Å². The van der Waals surface area contributed by atoms with Crippen molar-refractivity contribution in [3.05, 3.63) is 35.5 Å². The average molecular weight is 299 g/mol. The van der Waals surface area contributed by atoms with E-state index in [1.54, 1.807) is 0 Å². The van der Waals surface area contributed by atoms with Crippen LogP contribution in [-0.4, -0.2) is 25.2 Å². The molecule has 0 bridgehead atoms. The van der Waals surface area contributed by atoms with Gasteiger partial charge in [0.25, 0.3) is 0 Å². The third-order valence-corrected chi connectivity index (χ3v) is 3.99. The molecule has 0 saturated carbocycles. The zero-order valence-electron chi connectivity index (χ0n) is 13.3. The van der Waals surface area contributed by atoms with Crippen LogP contribution < -0.4 is 0 Å². The van der Waals surface area contributed by atoms with E-state index in [9.17, 15) is 4.79 Å². The third kappa shape index (κ3) is 3.37. The van der Waals surface area contributed by atoms with Gasteiger partial charge in [-0.2, -0.15) is 0 Å². The third-order valence-electron chi connectivity index (χ3n) is 3.11. The zero-order valence-corrected chi connectivity index (χ0v) is 14.3. The molecule has 4 heteroatoms. The fourth-order valence-corrected chi connectivity index (χ4v) is 2.68. The van der Waals surface area contributed by atoms with Crippen LogP contribution in [0.25, 0.3) is 10.9 Å². The Labute approximate surface area is 126 Å². The number of nitrogens with zero attached hydrogens (tertiary/aromatic N) is 1. The summed E-state index contributed by atoms with van der Waals surface area (Å²) in [5.41, 5.74) is 5.90. The lowest BCUT2D eigenvalue weighted by Gasteiger charge is -2.06. The molecule has 0 N–H and O–H groups in total. The van der Waals surface area contributed by atoms with Gasteiger partial charge in [-0.05, 0) is 19.1 Å². The Morgan fingerprint density at radius 1 is 1.33 bits per heavy atom. The first kappa shape index (κ1) is 15.4. The number of hydrogen-bond donors (Lipinski definition) is 0. The lowest BCUT2D eigenvalue weighted by atomic mass is 10.1. The highest BCUT2D eigenvalue weighted by Gasteiger charge is 2.16. The molecule has 0 aliphatic heterocycles. The Bertz CT molecular complexity index is 742. The van der Waals surface area contributed by atoms with Crippen molar-refractivity contribution in [1.82, 2.24) is 4.57 Å². The molecule has 0 spiro atoms. The van der Waals surface area contributed by atoms with E-state index >= 15 is 0 Å².